The molecule has 1 saturated heterocycles. The monoisotopic (exact) mass is 397 g/mol. The molecule has 0 N–H and O–H groups in total. The summed E-state index contributed by atoms with van der Waals surface area (Å²) in [4.78, 5) is 0. The molecule has 146 valence electrons. The van der Waals surface area contributed by atoms with Crippen LogP contribution in [0.2, 0.25) is 0 Å². The molecule has 2 heterocycles. The maximum atomic E-state index is 6.02. The van der Waals surface area contributed by atoms with Gasteiger partial charge in [0.1, 0.15) is 19.1 Å². The van der Waals surface area contributed by atoms with Crippen LogP contribution in [0.4, 0.5) is 0 Å². The van der Waals surface area contributed by atoms with Crippen molar-refractivity contribution >= 4 is 11.8 Å². The SMILES string of the molecule is Cc1ccccc1OCc1nnc(SCC2CCOCO2)n1-c1ccccc1. The molecule has 28 heavy (non-hydrogen) atoms. The van der Waals surface area contributed by atoms with Crippen LogP contribution in [0.15, 0.2) is 59.8 Å². The van der Waals surface area contributed by atoms with Crippen LogP contribution in [0, 0.1) is 6.92 Å². The summed E-state index contributed by atoms with van der Waals surface area (Å²) in [6, 6.07) is 18.1. The summed E-state index contributed by atoms with van der Waals surface area (Å²) < 4.78 is 19.0. The number of hydrogen-bond donors (Lipinski definition) is 0. The first-order valence-electron chi connectivity index (χ1n) is 9.31. The first kappa shape index (κ1) is 19.0. The van der Waals surface area contributed by atoms with Crippen molar-refractivity contribution in [2.24, 2.45) is 0 Å². The number of aryl methyl sites for hydroxylation is 1. The fourth-order valence-corrected chi connectivity index (χ4v) is 4.02. The van der Waals surface area contributed by atoms with Crippen molar-refractivity contribution in [1.82, 2.24) is 14.8 Å². The van der Waals surface area contributed by atoms with Gasteiger partial charge in [0.25, 0.3) is 0 Å². The van der Waals surface area contributed by atoms with Crippen LogP contribution in [-0.4, -0.2) is 40.0 Å². The Labute approximate surface area is 168 Å². The van der Waals surface area contributed by atoms with Crippen molar-refractivity contribution in [2.75, 3.05) is 19.2 Å². The van der Waals surface area contributed by atoms with Gasteiger partial charge < -0.3 is 14.2 Å². The molecule has 0 spiro atoms. The molecule has 1 aliphatic rings. The minimum Gasteiger partial charge on any atom is -0.485 e. The first-order chi connectivity index (χ1) is 13.8. The highest BCUT2D eigenvalue weighted by atomic mass is 32.2. The van der Waals surface area contributed by atoms with Gasteiger partial charge in [-0.05, 0) is 37.1 Å². The van der Waals surface area contributed by atoms with Gasteiger partial charge in [-0.1, -0.05) is 48.2 Å². The highest BCUT2D eigenvalue weighted by molar-refractivity contribution is 7.99. The van der Waals surface area contributed by atoms with E-state index in [0.717, 1.165) is 46.8 Å². The van der Waals surface area contributed by atoms with Crippen LogP contribution < -0.4 is 4.74 Å². The lowest BCUT2D eigenvalue weighted by Crippen LogP contribution is -2.25. The van der Waals surface area contributed by atoms with Crippen molar-refractivity contribution in [2.45, 2.75) is 31.2 Å². The average molecular weight is 398 g/mol. The molecule has 1 atom stereocenters. The minimum atomic E-state index is 0.173. The van der Waals surface area contributed by atoms with E-state index < -0.39 is 0 Å². The predicted octanol–water partition coefficient (Wildman–Crippen LogP) is 4.01. The Hall–Kier alpha value is -2.35. The first-order valence-corrected chi connectivity index (χ1v) is 10.3. The molecule has 0 saturated carbocycles. The van der Waals surface area contributed by atoms with Gasteiger partial charge in [-0.2, -0.15) is 0 Å². The molecule has 0 radical (unpaired) electrons. The van der Waals surface area contributed by atoms with Gasteiger partial charge in [0.2, 0.25) is 0 Å². The van der Waals surface area contributed by atoms with E-state index in [1.807, 2.05) is 49.4 Å². The molecular formula is C21H23N3O3S. The van der Waals surface area contributed by atoms with E-state index in [2.05, 4.69) is 26.9 Å². The third-order valence-electron chi connectivity index (χ3n) is 4.53. The van der Waals surface area contributed by atoms with Gasteiger partial charge in [0, 0.05) is 11.4 Å². The third-order valence-corrected chi connectivity index (χ3v) is 5.60. The van der Waals surface area contributed by atoms with Gasteiger partial charge in [-0.25, -0.2) is 0 Å². The molecule has 3 aromatic rings. The summed E-state index contributed by atoms with van der Waals surface area (Å²) in [7, 11) is 0. The summed E-state index contributed by atoms with van der Waals surface area (Å²) in [6.07, 6.45) is 1.07. The molecule has 0 amide bonds. The lowest BCUT2D eigenvalue weighted by atomic mass is 10.2. The summed E-state index contributed by atoms with van der Waals surface area (Å²) in [5.74, 6) is 2.44. The van der Waals surface area contributed by atoms with Crippen LogP contribution in [0.25, 0.3) is 5.69 Å². The van der Waals surface area contributed by atoms with Crippen LogP contribution in [-0.2, 0) is 16.1 Å². The van der Waals surface area contributed by atoms with E-state index in [1.165, 1.54) is 0 Å². The largest absolute Gasteiger partial charge is 0.485 e. The van der Waals surface area contributed by atoms with Gasteiger partial charge in [-0.15, -0.1) is 10.2 Å². The maximum Gasteiger partial charge on any atom is 0.196 e. The van der Waals surface area contributed by atoms with Gasteiger partial charge in [0.15, 0.2) is 11.0 Å². The number of para-hydroxylation sites is 2. The predicted molar refractivity (Wildman–Crippen MR) is 108 cm³/mol. The number of thioether (sulfide) groups is 1. The molecular weight excluding hydrogens is 374 g/mol. The zero-order valence-electron chi connectivity index (χ0n) is 15.8. The number of nitrogens with zero attached hydrogens (tertiary/aromatic N) is 3. The fourth-order valence-electron chi connectivity index (χ4n) is 2.98. The average Bonchev–Trinajstić information content (AvgIpc) is 3.16. The molecule has 1 unspecified atom stereocenters. The molecule has 1 aromatic heterocycles. The highest BCUT2D eigenvalue weighted by Gasteiger charge is 2.19. The number of ether oxygens (including phenoxy) is 3. The zero-order valence-corrected chi connectivity index (χ0v) is 16.6. The van der Waals surface area contributed by atoms with Gasteiger partial charge in [-0.3, -0.25) is 4.57 Å². The molecule has 2 aromatic carbocycles. The van der Waals surface area contributed by atoms with Crippen molar-refractivity contribution in [1.29, 1.82) is 0 Å². The number of aromatic nitrogens is 3. The highest BCUT2D eigenvalue weighted by Crippen LogP contribution is 2.26. The van der Waals surface area contributed by atoms with E-state index in [9.17, 15) is 0 Å². The maximum absolute atomic E-state index is 6.02. The zero-order chi connectivity index (χ0) is 19.2. The smallest absolute Gasteiger partial charge is 0.196 e. The minimum absolute atomic E-state index is 0.173. The van der Waals surface area contributed by atoms with E-state index in [1.54, 1.807) is 11.8 Å². The van der Waals surface area contributed by atoms with Gasteiger partial charge in [0.05, 0.1) is 12.7 Å². The summed E-state index contributed by atoms with van der Waals surface area (Å²) in [6.45, 7) is 3.49. The lowest BCUT2D eigenvalue weighted by molar-refractivity contribution is -0.130. The molecule has 1 fully saturated rings. The second-order valence-corrected chi connectivity index (χ2v) is 7.53. The fraction of sp³-hybridized carbons (Fsp3) is 0.333. The summed E-state index contributed by atoms with van der Waals surface area (Å²) in [5.41, 5.74) is 2.12. The van der Waals surface area contributed by atoms with Crippen molar-refractivity contribution < 1.29 is 14.2 Å². The van der Waals surface area contributed by atoms with Crippen LogP contribution in [0.1, 0.15) is 17.8 Å². The van der Waals surface area contributed by atoms with Crippen molar-refractivity contribution in [3.8, 4) is 11.4 Å². The lowest BCUT2D eigenvalue weighted by Gasteiger charge is -2.22. The summed E-state index contributed by atoms with van der Waals surface area (Å²) >= 11 is 1.65. The van der Waals surface area contributed by atoms with Crippen LogP contribution in [0.5, 0.6) is 5.75 Å². The van der Waals surface area contributed by atoms with Crippen LogP contribution >= 0.6 is 11.8 Å². The molecule has 0 aliphatic carbocycles. The second-order valence-electron chi connectivity index (χ2n) is 6.54. The van der Waals surface area contributed by atoms with Gasteiger partial charge >= 0.3 is 0 Å². The number of hydrogen-bond acceptors (Lipinski definition) is 6. The topological polar surface area (TPSA) is 58.4 Å². The van der Waals surface area contributed by atoms with E-state index in [-0.39, 0.29) is 6.10 Å². The number of benzene rings is 2. The van der Waals surface area contributed by atoms with Crippen molar-refractivity contribution in [3.63, 3.8) is 0 Å². The van der Waals surface area contributed by atoms with E-state index in [4.69, 9.17) is 14.2 Å². The molecule has 6 nitrogen and oxygen atoms in total. The van der Waals surface area contributed by atoms with E-state index in [0.29, 0.717) is 13.4 Å². The molecule has 7 heteroatoms. The Morgan fingerprint density at radius 2 is 1.93 bits per heavy atom. The quantitative estimate of drug-likeness (QED) is 0.562. The Kier molecular flexibility index (Phi) is 6.26. The second kappa shape index (κ2) is 9.23. The third kappa shape index (κ3) is 4.55. The van der Waals surface area contributed by atoms with Crippen molar-refractivity contribution in [3.05, 3.63) is 66.0 Å². The van der Waals surface area contributed by atoms with Crippen LogP contribution in [0.3, 0.4) is 0 Å². The Balaban J connectivity index is 1.54. The molecule has 0 bridgehead atoms. The normalized spacial score (nSPS) is 16.8. The Morgan fingerprint density at radius 1 is 1.11 bits per heavy atom. The Morgan fingerprint density at radius 3 is 2.71 bits per heavy atom. The van der Waals surface area contributed by atoms with E-state index >= 15 is 0 Å². The Bertz CT molecular complexity index is 895. The standard InChI is InChI=1S/C21H23N3O3S/c1-16-7-5-6-10-19(16)26-13-20-22-23-21(24(20)17-8-3-2-4-9-17)28-14-18-11-12-25-15-27-18/h2-10,18H,11-15H2,1H3. The molecule has 4 rings (SSSR count). The molecule has 1 aliphatic heterocycles. The summed E-state index contributed by atoms with van der Waals surface area (Å²) in [5, 5.41) is 9.66. The number of rotatable bonds is 7.